The minimum absolute atomic E-state index is 0.136. The lowest BCUT2D eigenvalue weighted by atomic mass is 10.0. The number of rotatable bonds is 6. The topological polar surface area (TPSA) is 68.9 Å². The van der Waals surface area contributed by atoms with E-state index in [1.54, 1.807) is 21.4 Å². The van der Waals surface area contributed by atoms with Crippen LogP contribution in [0.4, 0.5) is 10.1 Å². The summed E-state index contributed by atoms with van der Waals surface area (Å²) in [4.78, 5) is 26.2. The molecule has 1 amide bonds. The van der Waals surface area contributed by atoms with Gasteiger partial charge < -0.3 is 5.32 Å². The molecule has 6 nitrogen and oxygen atoms in total. The molecule has 0 radical (unpaired) electrons. The van der Waals surface area contributed by atoms with Crippen LogP contribution in [0.5, 0.6) is 0 Å². The first-order valence-corrected chi connectivity index (χ1v) is 11.5. The van der Waals surface area contributed by atoms with Gasteiger partial charge in [-0.15, -0.1) is 0 Å². The molecule has 2 aromatic carbocycles. The lowest BCUT2D eigenvalue weighted by molar-refractivity contribution is -0.116. The fourth-order valence-electron chi connectivity index (χ4n) is 4.49. The van der Waals surface area contributed by atoms with Gasteiger partial charge in [0.1, 0.15) is 11.5 Å². The number of anilines is 1. The Balaban J connectivity index is 1.72. The summed E-state index contributed by atoms with van der Waals surface area (Å²) < 4.78 is 17.2. The van der Waals surface area contributed by atoms with E-state index in [0.717, 1.165) is 33.5 Å². The third-order valence-electron chi connectivity index (χ3n) is 6.47. The highest BCUT2D eigenvalue weighted by Crippen LogP contribution is 2.27. The zero-order valence-electron chi connectivity index (χ0n) is 20.2. The maximum atomic E-state index is 13.9. The van der Waals surface area contributed by atoms with Crippen LogP contribution in [0.3, 0.4) is 0 Å². The number of carbonyl (C=O) groups is 1. The third kappa shape index (κ3) is 4.14. The molecule has 0 unspecified atom stereocenters. The Labute approximate surface area is 198 Å². The van der Waals surface area contributed by atoms with Crippen molar-refractivity contribution in [3.05, 3.63) is 86.6 Å². The van der Waals surface area contributed by atoms with E-state index in [1.807, 2.05) is 52.8 Å². The number of amides is 1. The van der Waals surface area contributed by atoms with Crippen molar-refractivity contribution in [2.45, 2.75) is 54.0 Å². The zero-order valence-corrected chi connectivity index (χ0v) is 20.2. The van der Waals surface area contributed by atoms with E-state index in [0.29, 0.717) is 29.9 Å². The Bertz CT molecular complexity index is 1470. The van der Waals surface area contributed by atoms with Gasteiger partial charge in [-0.2, -0.15) is 5.10 Å². The van der Waals surface area contributed by atoms with Gasteiger partial charge in [0.25, 0.3) is 5.56 Å². The van der Waals surface area contributed by atoms with Crippen molar-refractivity contribution in [3.63, 3.8) is 0 Å². The molecule has 2 heterocycles. The number of carbonyl (C=O) groups excluding carboxylic acids is 1. The maximum Gasteiger partial charge on any atom is 0.255 e. The van der Waals surface area contributed by atoms with Gasteiger partial charge in [-0.05, 0) is 82.0 Å². The average molecular weight is 461 g/mol. The summed E-state index contributed by atoms with van der Waals surface area (Å²) in [6.07, 6.45) is 0.512. The predicted molar refractivity (Wildman–Crippen MR) is 133 cm³/mol. The van der Waals surface area contributed by atoms with Crippen LogP contribution in [0.25, 0.3) is 16.7 Å². The van der Waals surface area contributed by atoms with Gasteiger partial charge in [-0.3, -0.25) is 14.2 Å². The molecule has 0 fully saturated rings. The first-order valence-electron chi connectivity index (χ1n) is 11.5. The second-order valence-electron chi connectivity index (χ2n) is 8.62. The number of halogens is 1. The molecule has 0 aliphatic heterocycles. The van der Waals surface area contributed by atoms with Gasteiger partial charge in [-0.25, -0.2) is 9.07 Å². The van der Waals surface area contributed by atoms with Gasteiger partial charge in [0.15, 0.2) is 0 Å². The molecule has 4 aromatic rings. The van der Waals surface area contributed by atoms with Crippen molar-refractivity contribution in [3.8, 4) is 5.69 Å². The minimum Gasteiger partial charge on any atom is -0.326 e. The highest BCUT2D eigenvalue weighted by atomic mass is 19.1. The van der Waals surface area contributed by atoms with Gasteiger partial charge in [0, 0.05) is 29.6 Å². The zero-order chi connectivity index (χ0) is 24.6. The summed E-state index contributed by atoms with van der Waals surface area (Å²) in [7, 11) is 0. The fraction of sp³-hybridized carbons (Fsp3) is 0.296. The number of fused-ring (bicyclic) bond motifs is 1. The highest BCUT2D eigenvalue weighted by Gasteiger charge is 2.21. The van der Waals surface area contributed by atoms with Crippen LogP contribution in [0.1, 0.15) is 41.3 Å². The molecule has 1 N–H and O–H groups in total. The highest BCUT2D eigenvalue weighted by molar-refractivity contribution is 5.92. The molecular formula is C27H29FN4O2. The van der Waals surface area contributed by atoms with E-state index in [1.165, 1.54) is 12.1 Å². The van der Waals surface area contributed by atoms with E-state index in [-0.39, 0.29) is 23.7 Å². The summed E-state index contributed by atoms with van der Waals surface area (Å²) in [6, 6.07) is 12.0. The molecule has 0 spiro atoms. The summed E-state index contributed by atoms with van der Waals surface area (Å²) in [6.45, 7) is 10.1. The molecular weight excluding hydrogens is 431 g/mol. The predicted octanol–water partition coefficient (Wildman–Crippen LogP) is 5.15. The number of hydrogen-bond donors (Lipinski definition) is 1. The Morgan fingerprint density at radius 2 is 1.79 bits per heavy atom. The Morgan fingerprint density at radius 3 is 2.50 bits per heavy atom. The van der Waals surface area contributed by atoms with Crippen molar-refractivity contribution >= 4 is 22.6 Å². The van der Waals surface area contributed by atoms with E-state index in [4.69, 9.17) is 0 Å². The second-order valence-corrected chi connectivity index (χ2v) is 8.62. The SMILES string of the molecule is CCn1c(=O)c(CCC(=O)Nc2cccc(C)c2C)c(C)c2c(C)nn(-c3cccc(F)c3)c21. The van der Waals surface area contributed by atoms with E-state index < -0.39 is 0 Å². The molecule has 0 aliphatic carbocycles. The number of nitrogens with zero attached hydrogens (tertiary/aromatic N) is 3. The number of pyridine rings is 1. The third-order valence-corrected chi connectivity index (χ3v) is 6.47. The Kier molecular flexibility index (Phi) is 6.37. The second kappa shape index (κ2) is 9.25. The lowest BCUT2D eigenvalue weighted by Crippen LogP contribution is -2.27. The Hall–Kier alpha value is -3.74. The normalized spacial score (nSPS) is 11.2. The Morgan fingerprint density at radius 1 is 1.06 bits per heavy atom. The molecule has 0 atom stereocenters. The fourth-order valence-corrected chi connectivity index (χ4v) is 4.49. The van der Waals surface area contributed by atoms with Crippen LogP contribution in [0.15, 0.2) is 47.3 Å². The van der Waals surface area contributed by atoms with Gasteiger partial charge in [0.05, 0.1) is 11.4 Å². The smallest absolute Gasteiger partial charge is 0.255 e. The molecule has 0 aliphatic rings. The van der Waals surface area contributed by atoms with E-state index in [2.05, 4.69) is 10.4 Å². The quantitative estimate of drug-likeness (QED) is 0.433. The van der Waals surface area contributed by atoms with Crippen LogP contribution < -0.4 is 10.9 Å². The number of benzene rings is 2. The van der Waals surface area contributed by atoms with Crippen LogP contribution in [0.2, 0.25) is 0 Å². The number of aryl methyl sites for hydroxylation is 4. The van der Waals surface area contributed by atoms with Crippen LogP contribution in [-0.4, -0.2) is 20.3 Å². The van der Waals surface area contributed by atoms with Crippen LogP contribution >= 0.6 is 0 Å². The van der Waals surface area contributed by atoms with Crippen molar-refractivity contribution in [1.29, 1.82) is 0 Å². The molecule has 34 heavy (non-hydrogen) atoms. The molecule has 4 rings (SSSR count). The molecule has 0 saturated heterocycles. The largest absolute Gasteiger partial charge is 0.326 e. The average Bonchev–Trinajstić information content (AvgIpc) is 3.14. The molecule has 7 heteroatoms. The summed E-state index contributed by atoms with van der Waals surface area (Å²) in [5.41, 5.74) is 6.13. The molecule has 0 bridgehead atoms. The minimum atomic E-state index is -0.368. The van der Waals surface area contributed by atoms with Gasteiger partial charge in [0.2, 0.25) is 5.91 Å². The van der Waals surface area contributed by atoms with Crippen molar-refractivity contribution < 1.29 is 9.18 Å². The number of nitrogens with one attached hydrogen (secondary N) is 1. The number of hydrogen-bond acceptors (Lipinski definition) is 3. The van der Waals surface area contributed by atoms with E-state index in [9.17, 15) is 14.0 Å². The molecule has 2 aromatic heterocycles. The monoisotopic (exact) mass is 460 g/mol. The first-order chi connectivity index (χ1) is 16.2. The van der Waals surface area contributed by atoms with Gasteiger partial charge in [-0.1, -0.05) is 18.2 Å². The first kappa shape index (κ1) is 23.4. The standard InChI is InChI=1S/C27H29FN4O2/c1-6-31-26-25(19(5)30-32(26)21-11-8-10-20(28)15-21)18(4)22(27(31)34)13-14-24(33)29-23-12-7-9-16(2)17(23)3/h7-12,15H,6,13-14H2,1-5H3,(H,29,33). The summed E-state index contributed by atoms with van der Waals surface area (Å²) in [5.74, 6) is -0.504. The van der Waals surface area contributed by atoms with Crippen molar-refractivity contribution in [1.82, 2.24) is 14.3 Å². The molecule has 176 valence electrons. The lowest BCUT2D eigenvalue weighted by Gasteiger charge is -2.15. The number of aromatic nitrogens is 3. The van der Waals surface area contributed by atoms with Crippen molar-refractivity contribution in [2.75, 3.05) is 5.32 Å². The van der Waals surface area contributed by atoms with Crippen LogP contribution in [0, 0.1) is 33.5 Å². The van der Waals surface area contributed by atoms with Crippen molar-refractivity contribution in [2.24, 2.45) is 0 Å². The van der Waals surface area contributed by atoms with Crippen LogP contribution in [-0.2, 0) is 17.8 Å². The summed E-state index contributed by atoms with van der Waals surface area (Å²) >= 11 is 0. The summed E-state index contributed by atoms with van der Waals surface area (Å²) in [5, 5.41) is 8.46. The van der Waals surface area contributed by atoms with Gasteiger partial charge >= 0.3 is 0 Å². The molecule has 0 saturated carbocycles. The maximum absolute atomic E-state index is 13.9. The van der Waals surface area contributed by atoms with E-state index >= 15 is 0 Å².